The van der Waals surface area contributed by atoms with Crippen LogP contribution in [0.2, 0.25) is 0 Å². The maximum atomic E-state index is 5.13. The van der Waals surface area contributed by atoms with Crippen LogP contribution in [0.4, 0.5) is 0 Å². The van der Waals surface area contributed by atoms with Gasteiger partial charge in [0.1, 0.15) is 0 Å². The Morgan fingerprint density at radius 2 is 1.10 bits per heavy atom. The topological polar surface area (TPSA) is 0 Å². The second-order valence-corrected chi connectivity index (χ2v) is 2.15. The summed E-state index contributed by atoms with van der Waals surface area (Å²) >= 11 is 20.3. The molecule has 0 saturated carbocycles. The van der Waals surface area contributed by atoms with Crippen molar-refractivity contribution in [2.24, 2.45) is 0 Å². The van der Waals surface area contributed by atoms with Crippen LogP contribution < -0.4 is 0 Å². The van der Waals surface area contributed by atoms with Gasteiger partial charge in [-0.2, -0.15) is 0 Å². The van der Waals surface area contributed by atoms with Gasteiger partial charge >= 0.3 is 0 Å². The zero-order valence-corrected chi connectivity index (χ0v) is 8.26. The van der Waals surface area contributed by atoms with Gasteiger partial charge in [0, 0.05) is 22.8 Å². The van der Waals surface area contributed by atoms with Gasteiger partial charge in [0.2, 0.25) is 0 Å². The summed E-state index contributed by atoms with van der Waals surface area (Å²) in [6.07, 6.45) is 3.31. The summed E-state index contributed by atoms with van der Waals surface area (Å²) in [5.74, 6) is 1.01. The molecule has 0 aromatic carbocycles. The molecule has 0 unspecified atom stereocenters. The van der Waals surface area contributed by atoms with Crippen LogP contribution >= 0.6 is 46.4 Å². The van der Waals surface area contributed by atoms with E-state index in [1.165, 1.54) is 11.1 Å². The third-order valence-corrected chi connectivity index (χ3v) is 1.07. The molecule has 0 fully saturated rings. The van der Waals surface area contributed by atoms with E-state index in [2.05, 4.69) is 0 Å². The fraction of sp³-hybridized carbons (Fsp3) is 0.333. The maximum absolute atomic E-state index is 5.13. The van der Waals surface area contributed by atoms with Crippen LogP contribution in [0.25, 0.3) is 0 Å². The molecule has 4 heteroatoms. The summed E-state index contributed by atoms with van der Waals surface area (Å²) in [6, 6.07) is 0. The van der Waals surface area contributed by atoms with Gasteiger partial charge in [0.15, 0.2) is 0 Å². The van der Waals surface area contributed by atoms with Crippen molar-refractivity contribution in [1.29, 1.82) is 0 Å². The van der Waals surface area contributed by atoms with Gasteiger partial charge < -0.3 is 0 Å². The van der Waals surface area contributed by atoms with Crippen molar-refractivity contribution in [3.05, 3.63) is 23.2 Å². The molecule has 0 radical (unpaired) electrons. The van der Waals surface area contributed by atoms with E-state index >= 15 is 0 Å². The quantitative estimate of drug-likeness (QED) is 0.620. The Balaban J connectivity index is 0. The molecule has 0 nitrogen and oxygen atoms in total. The number of alkyl halides is 2. The molecular formula is C6H8Cl4. The van der Waals surface area contributed by atoms with E-state index in [9.17, 15) is 0 Å². The average Bonchev–Trinajstić information content (AvgIpc) is 1.93. The first-order chi connectivity index (χ1) is 4.83. The minimum absolute atomic E-state index is 0.503. The molecule has 0 heterocycles. The molecule has 0 bridgehead atoms. The van der Waals surface area contributed by atoms with E-state index < -0.39 is 0 Å². The fourth-order valence-electron chi connectivity index (χ4n) is 0.0673. The number of hydrogen-bond acceptors (Lipinski definition) is 0. The largest absolute Gasteiger partial charge is 0.122 e. The molecule has 0 saturated heterocycles. The average molecular weight is 222 g/mol. The zero-order valence-electron chi connectivity index (χ0n) is 5.24. The summed E-state index contributed by atoms with van der Waals surface area (Å²) in [7, 11) is 0. The molecule has 10 heavy (non-hydrogen) atoms. The van der Waals surface area contributed by atoms with Crippen molar-refractivity contribution in [3.63, 3.8) is 0 Å². The van der Waals surface area contributed by atoms with Crippen molar-refractivity contribution < 1.29 is 0 Å². The molecule has 0 N–H and O–H groups in total. The number of rotatable bonds is 2. The lowest BCUT2D eigenvalue weighted by Crippen LogP contribution is -1.48. The Labute approximate surface area is 81.4 Å². The van der Waals surface area contributed by atoms with Crippen LogP contribution in [-0.4, -0.2) is 11.8 Å². The van der Waals surface area contributed by atoms with Crippen LogP contribution in [0.1, 0.15) is 0 Å². The third-order valence-electron chi connectivity index (χ3n) is 0.356. The highest BCUT2D eigenvalue weighted by atomic mass is 35.5. The van der Waals surface area contributed by atoms with Crippen LogP contribution in [0.3, 0.4) is 0 Å². The van der Waals surface area contributed by atoms with Crippen molar-refractivity contribution in [2.45, 2.75) is 0 Å². The molecule has 0 rings (SSSR count). The molecule has 0 atom stereocenters. The Kier molecular flexibility index (Phi) is 21.6. The predicted molar refractivity (Wildman–Crippen MR) is 51.4 cm³/mol. The van der Waals surface area contributed by atoms with Crippen molar-refractivity contribution in [1.82, 2.24) is 0 Å². The lowest BCUT2D eigenvalue weighted by atomic mass is 10.8. The van der Waals surface area contributed by atoms with Crippen molar-refractivity contribution in [2.75, 3.05) is 11.8 Å². The summed E-state index contributed by atoms with van der Waals surface area (Å²) in [6.45, 7) is 0. The van der Waals surface area contributed by atoms with Gasteiger partial charge in [0.05, 0.1) is 0 Å². The van der Waals surface area contributed by atoms with Crippen LogP contribution in [0.15, 0.2) is 23.2 Å². The standard InChI is InChI=1S/2C3H4Cl2/c2*4-2-1-3-5/h2*1-2H,3H2. The Bertz CT molecular complexity index is 75.7. The molecular weight excluding hydrogens is 214 g/mol. The lowest BCUT2D eigenvalue weighted by Gasteiger charge is -1.61. The molecule has 0 aliphatic rings. The molecule has 0 aromatic rings. The summed E-state index contributed by atoms with van der Waals surface area (Å²) in [5, 5.41) is 0. The van der Waals surface area contributed by atoms with Crippen LogP contribution in [-0.2, 0) is 0 Å². The molecule has 0 spiro atoms. The second-order valence-electron chi connectivity index (χ2n) is 1.03. The highest BCUT2D eigenvalue weighted by Gasteiger charge is 1.56. The first-order valence-electron chi connectivity index (χ1n) is 2.45. The summed E-state index contributed by atoms with van der Waals surface area (Å²) in [5.41, 5.74) is 2.79. The number of halogens is 4. The first-order valence-corrected chi connectivity index (χ1v) is 4.40. The van der Waals surface area contributed by atoms with Gasteiger partial charge in [-0.1, -0.05) is 35.4 Å². The van der Waals surface area contributed by atoms with Crippen LogP contribution in [0.5, 0.6) is 0 Å². The Morgan fingerprint density at radius 3 is 1.10 bits per heavy atom. The van der Waals surface area contributed by atoms with Gasteiger partial charge in [-0.3, -0.25) is 0 Å². The minimum Gasteiger partial charge on any atom is -0.122 e. The molecule has 0 amide bonds. The van der Waals surface area contributed by atoms with Gasteiger partial charge in [-0.15, -0.1) is 23.2 Å². The smallest absolute Gasteiger partial charge is 0.0415 e. The zero-order chi connectivity index (χ0) is 8.24. The molecule has 60 valence electrons. The maximum Gasteiger partial charge on any atom is 0.0415 e. The lowest BCUT2D eigenvalue weighted by molar-refractivity contribution is 1.79. The molecule has 0 aromatic heterocycles. The molecule has 0 aliphatic carbocycles. The van der Waals surface area contributed by atoms with Crippen molar-refractivity contribution in [3.8, 4) is 0 Å². The van der Waals surface area contributed by atoms with E-state index in [1.54, 1.807) is 12.2 Å². The van der Waals surface area contributed by atoms with Crippen LogP contribution in [0, 0.1) is 0 Å². The summed E-state index contributed by atoms with van der Waals surface area (Å²) in [4.78, 5) is 0. The number of hydrogen-bond donors (Lipinski definition) is 0. The van der Waals surface area contributed by atoms with E-state index in [1.807, 2.05) is 0 Å². The minimum atomic E-state index is 0.503. The normalized spacial score (nSPS) is 10.0. The van der Waals surface area contributed by atoms with Gasteiger partial charge in [0.25, 0.3) is 0 Å². The van der Waals surface area contributed by atoms with E-state index in [0.717, 1.165) is 0 Å². The van der Waals surface area contributed by atoms with E-state index in [-0.39, 0.29) is 0 Å². The SMILES string of the molecule is ClC=CCCl.ClC=CCCl. The molecule has 0 aliphatic heterocycles. The first kappa shape index (κ1) is 13.2. The Hall–Kier alpha value is 0.640. The second kappa shape index (κ2) is 16.3. The highest BCUT2D eigenvalue weighted by molar-refractivity contribution is 6.26. The monoisotopic (exact) mass is 220 g/mol. The summed E-state index contributed by atoms with van der Waals surface area (Å²) < 4.78 is 0. The number of allylic oxidation sites excluding steroid dienone is 2. The fourth-order valence-corrected chi connectivity index (χ4v) is 0.606. The Morgan fingerprint density at radius 1 is 0.800 bits per heavy atom. The highest BCUT2D eigenvalue weighted by Crippen LogP contribution is 1.79. The third kappa shape index (κ3) is 23.4. The van der Waals surface area contributed by atoms with Crippen molar-refractivity contribution >= 4 is 46.4 Å². The predicted octanol–water partition coefficient (Wildman–Crippen LogP) is 3.96. The van der Waals surface area contributed by atoms with Gasteiger partial charge in [-0.05, 0) is 0 Å². The van der Waals surface area contributed by atoms with E-state index in [0.29, 0.717) is 11.8 Å². The van der Waals surface area contributed by atoms with E-state index in [4.69, 9.17) is 46.4 Å². The van der Waals surface area contributed by atoms with Gasteiger partial charge in [-0.25, -0.2) is 0 Å².